The monoisotopic (exact) mass is 199 g/mol. The molecule has 1 heterocycles. The first-order chi connectivity index (χ1) is 6.13. The molecule has 0 spiro atoms. The molecule has 0 aromatic carbocycles. The number of rotatable bonds is 4. The normalized spacial score (nSPS) is 11.5. The van der Waals surface area contributed by atoms with Gasteiger partial charge in [-0.3, -0.25) is 4.90 Å². The summed E-state index contributed by atoms with van der Waals surface area (Å²) in [5.74, 6) is 0. The maximum absolute atomic E-state index is 5.56. The Balaban J connectivity index is 2.56. The van der Waals surface area contributed by atoms with Crippen LogP contribution in [0.3, 0.4) is 0 Å². The van der Waals surface area contributed by atoms with E-state index in [1.54, 1.807) is 11.3 Å². The molecule has 1 aromatic heterocycles. The minimum absolute atomic E-state index is 0.577. The lowest BCUT2D eigenvalue weighted by Crippen LogP contribution is -2.29. The molecule has 0 fully saturated rings. The molecule has 3 nitrogen and oxygen atoms in total. The van der Waals surface area contributed by atoms with E-state index in [1.807, 2.05) is 6.20 Å². The fourth-order valence-corrected chi connectivity index (χ4v) is 1.97. The van der Waals surface area contributed by atoms with Crippen molar-refractivity contribution in [1.29, 1.82) is 0 Å². The maximum atomic E-state index is 5.56. The number of nitrogen functional groups attached to an aromatic ring is 1. The van der Waals surface area contributed by atoms with Crippen LogP contribution in [-0.4, -0.2) is 22.5 Å². The fraction of sp³-hybridized carbons (Fsp3) is 0.667. The van der Waals surface area contributed by atoms with Crippen LogP contribution in [0.5, 0.6) is 0 Å². The van der Waals surface area contributed by atoms with Crippen molar-refractivity contribution < 1.29 is 0 Å². The van der Waals surface area contributed by atoms with Gasteiger partial charge >= 0.3 is 0 Å². The van der Waals surface area contributed by atoms with Gasteiger partial charge in [0.1, 0.15) is 0 Å². The Morgan fingerprint density at radius 3 is 2.69 bits per heavy atom. The van der Waals surface area contributed by atoms with E-state index in [-0.39, 0.29) is 0 Å². The van der Waals surface area contributed by atoms with Crippen molar-refractivity contribution in [3.05, 3.63) is 11.1 Å². The Morgan fingerprint density at radius 2 is 2.31 bits per heavy atom. The average molecular weight is 199 g/mol. The van der Waals surface area contributed by atoms with E-state index >= 15 is 0 Å². The van der Waals surface area contributed by atoms with Crippen LogP contribution >= 0.6 is 11.3 Å². The Labute approximate surface area is 83.6 Å². The zero-order chi connectivity index (χ0) is 9.84. The highest BCUT2D eigenvalue weighted by atomic mass is 32.1. The predicted octanol–water partition coefficient (Wildman–Crippen LogP) is 1.96. The molecule has 0 amide bonds. The van der Waals surface area contributed by atoms with Gasteiger partial charge in [0.25, 0.3) is 0 Å². The molecule has 0 saturated heterocycles. The SMILES string of the molecule is CCN(Cc1cnc(N)s1)C(C)C. The number of hydrogen-bond acceptors (Lipinski definition) is 4. The highest BCUT2D eigenvalue weighted by Gasteiger charge is 2.08. The van der Waals surface area contributed by atoms with E-state index in [4.69, 9.17) is 5.73 Å². The number of anilines is 1. The van der Waals surface area contributed by atoms with E-state index < -0.39 is 0 Å². The van der Waals surface area contributed by atoms with Crippen LogP contribution < -0.4 is 5.73 Å². The maximum Gasteiger partial charge on any atom is 0.180 e. The van der Waals surface area contributed by atoms with Gasteiger partial charge in [0.15, 0.2) is 5.13 Å². The highest BCUT2D eigenvalue weighted by molar-refractivity contribution is 7.15. The molecular formula is C9H17N3S. The zero-order valence-corrected chi connectivity index (χ0v) is 9.27. The standard InChI is InChI=1S/C9H17N3S/c1-4-12(7(2)3)6-8-5-11-9(10)13-8/h5,7H,4,6H2,1-3H3,(H2,10,11). The molecule has 0 aliphatic carbocycles. The van der Waals surface area contributed by atoms with Crippen molar-refractivity contribution in [2.75, 3.05) is 12.3 Å². The number of hydrogen-bond donors (Lipinski definition) is 1. The number of thiazole rings is 1. The van der Waals surface area contributed by atoms with Gasteiger partial charge in [-0.1, -0.05) is 6.92 Å². The van der Waals surface area contributed by atoms with Crippen molar-refractivity contribution >= 4 is 16.5 Å². The van der Waals surface area contributed by atoms with Crippen LogP contribution in [0, 0.1) is 0 Å². The first-order valence-electron chi connectivity index (χ1n) is 4.57. The first kappa shape index (κ1) is 10.5. The summed E-state index contributed by atoms with van der Waals surface area (Å²) >= 11 is 1.57. The van der Waals surface area contributed by atoms with E-state index in [0.29, 0.717) is 11.2 Å². The summed E-state index contributed by atoms with van der Waals surface area (Å²) in [6.07, 6.45) is 1.87. The van der Waals surface area contributed by atoms with Crippen LogP contribution in [0.2, 0.25) is 0 Å². The summed E-state index contributed by atoms with van der Waals surface area (Å²) in [6.45, 7) is 8.60. The topological polar surface area (TPSA) is 42.2 Å². The van der Waals surface area contributed by atoms with Gasteiger partial charge < -0.3 is 5.73 Å². The van der Waals surface area contributed by atoms with E-state index in [9.17, 15) is 0 Å². The molecule has 2 N–H and O–H groups in total. The molecular weight excluding hydrogens is 182 g/mol. The van der Waals surface area contributed by atoms with Crippen LogP contribution in [0.15, 0.2) is 6.20 Å². The van der Waals surface area contributed by atoms with Crippen LogP contribution in [0.25, 0.3) is 0 Å². The molecule has 1 aromatic rings. The molecule has 0 bridgehead atoms. The van der Waals surface area contributed by atoms with Crippen molar-refractivity contribution in [3.8, 4) is 0 Å². The average Bonchev–Trinajstić information content (AvgIpc) is 2.46. The summed E-state index contributed by atoms with van der Waals surface area (Å²) in [5.41, 5.74) is 5.56. The van der Waals surface area contributed by atoms with E-state index in [1.165, 1.54) is 4.88 Å². The van der Waals surface area contributed by atoms with Gasteiger partial charge in [-0.25, -0.2) is 4.98 Å². The second kappa shape index (κ2) is 4.58. The Bertz CT molecular complexity index is 257. The van der Waals surface area contributed by atoms with Crippen molar-refractivity contribution in [2.24, 2.45) is 0 Å². The molecule has 13 heavy (non-hydrogen) atoms. The minimum Gasteiger partial charge on any atom is -0.375 e. The van der Waals surface area contributed by atoms with Crippen LogP contribution in [-0.2, 0) is 6.54 Å². The number of aromatic nitrogens is 1. The third-order valence-corrected chi connectivity index (χ3v) is 2.88. The van der Waals surface area contributed by atoms with Crippen molar-refractivity contribution in [3.63, 3.8) is 0 Å². The van der Waals surface area contributed by atoms with Crippen molar-refractivity contribution in [2.45, 2.75) is 33.4 Å². The van der Waals surface area contributed by atoms with Gasteiger partial charge in [0.05, 0.1) is 0 Å². The van der Waals surface area contributed by atoms with E-state index in [2.05, 4.69) is 30.7 Å². The lowest BCUT2D eigenvalue weighted by molar-refractivity contribution is 0.227. The van der Waals surface area contributed by atoms with E-state index in [0.717, 1.165) is 13.1 Å². The second-order valence-corrected chi connectivity index (χ2v) is 4.47. The Morgan fingerprint density at radius 1 is 1.62 bits per heavy atom. The zero-order valence-electron chi connectivity index (χ0n) is 8.45. The lowest BCUT2D eigenvalue weighted by Gasteiger charge is -2.23. The Kier molecular flexibility index (Phi) is 3.69. The molecule has 0 aliphatic heterocycles. The largest absolute Gasteiger partial charge is 0.375 e. The van der Waals surface area contributed by atoms with Gasteiger partial charge in [-0.2, -0.15) is 0 Å². The third-order valence-electron chi connectivity index (χ3n) is 2.07. The molecule has 0 saturated carbocycles. The first-order valence-corrected chi connectivity index (χ1v) is 5.39. The van der Waals surface area contributed by atoms with Gasteiger partial charge in [-0.05, 0) is 20.4 Å². The fourth-order valence-electron chi connectivity index (χ4n) is 1.26. The molecule has 4 heteroatoms. The van der Waals surface area contributed by atoms with Gasteiger partial charge in [0.2, 0.25) is 0 Å². The van der Waals surface area contributed by atoms with Crippen molar-refractivity contribution in [1.82, 2.24) is 9.88 Å². The summed E-state index contributed by atoms with van der Waals surface area (Å²) < 4.78 is 0. The highest BCUT2D eigenvalue weighted by Crippen LogP contribution is 2.17. The summed E-state index contributed by atoms with van der Waals surface area (Å²) in [7, 11) is 0. The molecule has 0 atom stereocenters. The van der Waals surface area contributed by atoms with Gasteiger partial charge in [0, 0.05) is 23.7 Å². The van der Waals surface area contributed by atoms with Gasteiger partial charge in [-0.15, -0.1) is 11.3 Å². The summed E-state index contributed by atoms with van der Waals surface area (Å²) in [4.78, 5) is 7.66. The lowest BCUT2D eigenvalue weighted by atomic mass is 10.3. The molecule has 0 radical (unpaired) electrons. The minimum atomic E-state index is 0.577. The number of nitrogens with zero attached hydrogens (tertiary/aromatic N) is 2. The quantitative estimate of drug-likeness (QED) is 0.806. The van der Waals surface area contributed by atoms with Crippen LogP contribution in [0.1, 0.15) is 25.6 Å². The summed E-state index contributed by atoms with van der Waals surface area (Å²) in [5, 5.41) is 0.662. The molecule has 74 valence electrons. The number of nitrogens with two attached hydrogens (primary N) is 1. The second-order valence-electron chi connectivity index (χ2n) is 3.32. The van der Waals surface area contributed by atoms with Crippen LogP contribution in [0.4, 0.5) is 5.13 Å². The molecule has 0 unspecified atom stereocenters. The predicted molar refractivity (Wildman–Crippen MR) is 57.7 cm³/mol. The third kappa shape index (κ3) is 2.97. The molecule has 1 rings (SSSR count). The Hall–Kier alpha value is -0.610. The smallest absolute Gasteiger partial charge is 0.180 e. The summed E-state index contributed by atoms with van der Waals surface area (Å²) in [6, 6.07) is 0.577. The molecule has 0 aliphatic rings.